The molecule has 0 aliphatic carbocycles. The van der Waals surface area contributed by atoms with E-state index in [1.54, 1.807) is 0 Å². The molecule has 0 radical (unpaired) electrons. The van der Waals surface area contributed by atoms with Crippen molar-refractivity contribution in [3.05, 3.63) is 0 Å². The van der Waals surface area contributed by atoms with Gasteiger partial charge in [0.15, 0.2) is 12.6 Å². The van der Waals surface area contributed by atoms with Gasteiger partial charge in [0.05, 0.1) is 79.3 Å². The highest BCUT2D eigenvalue weighted by Crippen LogP contribution is 2.23. The molecule has 2 heterocycles. The molecule has 2 saturated heterocycles. The van der Waals surface area contributed by atoms with Gasteiger partial charge in [-0.25, -0.2) is 0 Å². The van der Waals surface area contributed by atoms with E-state index in [0.29, 0.717) is 39.6 Å². The third kappa shape index (κ3) is 13.9. The van der Waals surface area contributed by atoms with Crippen LogP contribution in [0.1, 0.15) is 20.8 Å². The number of amides is 2. The largest absolute Gasteiger partial charge is 0.394 e. The molecule has 0 saturated carbocycles. The van der Waals surface area contributed by atoms with Gasteiger partial charge in [0, 0.05) is 19.8 Å². The number of hydrogen-bond donors (Lipinski definition) is 8. The van der Waals surface area contributed by atoms with Gasteiger partial charge >= 0.3 is 0 Å². The van der Waals surface area contributed by atoms with Crippen LogP contribution < -0.4 is 10.6 Å². The zero-order valence-electron chi connectivity index (χ0n) is 26.6. The Morgan fingerprint density at radius 3 is 1.30 bits per heavy atom. The van der Waals surface area contributed by atoms with E-state index >= 15 is 0 Å². The summed E-state index contributed by atoms with van der Waals surface area (Å²) < 4.78 is 44.3. The molecule has 0 aromatic rings. The Morgan fingerprint density at radius 2 is 0.957 bits per heavy atom. The molecule has 0 bridgehead atoms. The topological polar surface area (TPSA) is 253 Å². The molecule has 0 aromatic carbocycles. The molecule has 2 fully saturated rings. The van der Waals surface area contributed by atoms with Crippen LogP contribution in [0.2, 0.25) is 0 Å². The lowest BCUT2D eigenvalue weighted by atomic mass is 9.97. The lowest BCUT2D eigenvalue weighted by Gasteiger charge is -2.42. The first-order chi connectivity index (χ1) is 22.0. The van der Waals surface area contributed by atoms with E-state index in [1.807, 2.05) is 6.92 Å². The fraction of sp³-hybridized carbons (Fsp3) is 0.929. The second-order valence-corrected chi connectivity index (χ2v) is 11.1. The third-order valence-electron chi connectivity index (χ3n) is 7.07. The van der Waals surface area contributed by atoms with Crippen LogP contribution in [0.3, 0.4) is 0 Å². The maximum absolute atomic E-state index is 11.5. The first kappa shape index (κ1) is 40.6. The number of aliphatic hydroxyl groups excluding tert-OH is 6. The van der Waals surface area contributed by atoms with E-state index in [-0.39, 0.29) is 32.3 Å². The van der Waals surface area contributed by atoms with Crippen LogP contribution >= 0.6 is 0 Å². The first-order valence-corrected chi connectivity index (χ1v) is 15.3. The zero-order chi connectivity index (χ0) is 34.1. The number of aliphatic hydroxyl groups is 6. The highest BCUT2D eigenvalue weighted by atomic mass is 16.7. The second-order valence-electron chi connectivity index (χ2n) is 11.1. The number of hydrogen-bond acceptors (Lipinski definition) is 16. The van der Waals surface area contributed by atoms with Gasteiger partial charge < -0.3 is 79.2 Å². The van der Waals surface area contributed by atoms with Crippen LogP contribution in [0, 0.1) is 5.92 Å². The summed E-state index contributed by atoms with van der Waals surface area (Å²) in [6, 6.07) is -2.02. The first-order valence-electron chi connectivity index (χ1n) is 15.3. The van der Waals surface area contributed by atoms with Crippen LogP contribution in [0.4, 0.5) is 0 Å². The summed E-state index contributed by atoms with van der Waals surface area (Å²) in [5.41, 5.74) is 0. The van der Waals surface area contributed by atoms with Gasteiger partial charge in [-0.1, -0.05) is 6.92 Å². The van der Waals surface area contributed by atoms with Crippen molar-refractivity contribution in [1.29, 1.82) is 0 Å². The lowest BCUT2D eigenvalue weighted by Crippen LogP contribution is -2.64. The van der Waals surface area contributed by atoms with Crippen LogP contribution in [0.5, 0.6) is 0 Å². The zero-order valence-corrected chi connectivity index (χ0v) is 26.6. The molecule has 10 atom stereocenters. The Balaban J connectivity index is 1.48. The predicted molar refractivity (Wildman–Crippen MR) is 155 cm³/mol. The summed E-state index contributed by atoms with van der Waals surface area (Å²) in [5, 5.41) is 64.3. The monoisotopic (exact) mass is 672 g/mol. The van der Waals surface area contributed by atoms with Crippen LogP contribution in [0.25, 0.3) is 0 Å². The summed E-state index contributed by atoms with van der Waals surface area (Å²) >= 11 is 0. The van der Waals surface area contributed by atoms with Gasteiger partial charge in [-0.05, 0) is 0 Å². The van der Waals surface area contributed by atoms with Crippen molar-refractivity contribution in [3.8, 4) is 0 Å². The molecule has 18 nitrogen and oxygen atoms in total. The summed E-state index contributed by atoms with van der Waals surface area (Å²) in [5.74, 6) is -0.765. The molecule has 0 spiro atoms. The second kappa shape index (κ2) is 22.1. The molecule has 270 valence electrons. The number of ether oxygens (including phenoxy) is 8. The van der Waals surface area contributed by atoms with Crippen molar-refractivity contribution in [2.75, 3.05) is 79.3 Å². The molecular formula is C28H52N2O16. The summed E-state index contributed by atoms with van der Waals surface area (Å²) in [6.07, 6.45) is -9.79. The number of nitrogens with one attached hydrogen (secondary N) is 2. The van der Waals surface area contributed by atoms with E-state index in [9.17, 15) is 40.2 Å². The normalized spacial score (nSPS) is 32.2. The van der Waals surface area contributed by atoms with Crippen LogP contribution in [-0.2, 0) is 47.5 Å². The smallest absolute Gasteiger partial charge is 0.217 e. The van der Waals surface area contributed by atoms with Gasteiger partial charge in [-0.2, -0.15) is 0 Å². The molecule has 2 aliphatic heterocycles. The number of rotatable bonds is 22. The third-order valence-corrected chi connectivity index (χ3v) is 7.07. The van der Waals surface area contributed by atoms with Crippen molar-refractivity contribution >= 4 is 11.8 Å². The Morgan fingerprint density at radius 1 is 0.609 bits per heavy atom. The van der Waals surface area contributed by atoms with E-state index in [0.717, 1.165) is 0 Å². The van der Waals surface area contributed by atoms with E-state index in [2.05, 4.69) is 10.6 Å². The highest BCUT2D eigenvalue weighted by molar-refractivity contribution is 5.73. The average Bonchev–Trinajstić information content (AvgIpc) is 3.01. The maximum atomic E-state index is 11.5. The van der Waals surface area contributed by atoms with Crippen molar-refractivity contribution in [2.45, 2.75) is 82.1 Å². The number of carbonyl (C=O) groups is 2. The van der Waals surface area contributed by atoms with Crippen molar-refractivity contribution in [1.82, 2.24) is 10.6 Å². The lowest BCUT2D eigenvalue weighted by molar-refractivity contribution is -0.272. The summed E-state index contributed by atoms with van der Waals surface area (Å²) in [6.45, 7) is 6.08. The Bertz CT molecular complexity index is 792. The standard InChI is InChI=1S/C28H52N2O16/c1-16(14-41-6-4-39-8-10-43-27-21(29-17(2)33)25(37)23(35)19(12-31)45-27)15-42-7-5-40-9-11-44-28-22(30-18(3)34)26(38)24(36)20(13-32)46-28/h16,19-28,31-32,35-38H,4-15H2,1-3H3,(H,29,33)(H,30,34)/t16?,19?,20?,21-,22-,23-,24-,25+,26+,27?,28?/m0/s1. The molecule has 2 aliphatic rings. The molecule has 2 amide bonds. The van der Waals surface area contributed by atoms with E-state index in [1.165, 1.54) is 13.8 Å². The van der Waals surface area contributed by atoms with Gasteiger partial charge in [0.1, 0.15) is 48.7 Å². The minimum atomic E-state index is -1.38. The van der Waals surface area contributed by atoms with E-state index in [4.69, 9.17) is 37.9 Å². The summed E-state index contributed by atoms with van der Waals surface area (Å²) in [4.78, 5) is 22.9. The quantitative estimate of drug-likeness (QED) is 0.0506. The average molecular weight is 673 g/mol. The fourth-order valence-electron chi connectivity index (χ4n) is 4.73. The molecular weight excluding hydrogens is 620 g/mol. The van der Waals surface area contributed by atoms with Gasteiger partial charge in [0.2, 0.25) is 11.8 Å². The molecule has 8 N–H and O–H groups in total. The predicted octanol–water partition coefficient (Wildman–Crippen LogP) is -4.39. The molecule has 46 heavy (non-hydrogen) atoms. The highest BCUT2D eigenvalue weighted by Gasteiger charge is 2.46. The van der Waals surface area contributed by atoms with Gasteiger partial charge in [-0.15, -0.1) is 0 Å². The molecule has 0 aromatic heterocycles. The minimum Gasteiger partial charge on any atom is -0.394 e. The maximum Gasteiger partial charge on any atom is 0.217 e. The van der Waals surface area contributed by atoms with Crippen LogP contribution in [0.15, 0.2) is 0 Å². The Hall–Kier alpha value is -1.62. The van der Waals surface area contributed by atoms with E-state index < -0.39 is 86.3 Å². The summed E-state index contributed by atoms with van der Waals surface area (Å²) in [7, 11) is 0. The van der Waals surface area contributed by atoms with Gasteiger partial charge in [-0.3, -0.25) is 9.59 Å². The molecule has 4 unspecified atom stereocenters. The molecule has 2 rings (SSSR count). The number of carbonyl (C=O) groups excluding carboxylic acids is 2. The molecule has 18 heteroatoms. The Labute approximate surface area is 268 Å². The van der Waals surface area contributed by atoms with Crippen molar-refractivity contribution < 1.29 is 78.1 Å². The van der Waals surface area contributed by atoms with Crippen molar-refractivity contribution in [3.63, 3.8) is 0 Å². The minimum absolute atomic E-state index is 0.0730. The fourth-order valence-corrected chi connectivity index (χ4v) is 4.73. The Kier molecular flexibility index (Phi) is 19.5. The SMILES string of the molecule is CC(=O)N[C@@H]1C(OCCOCCOCC(C)COCCOCCOC2OC(CO)[C@H](O)[C@H](O)[C@@H]2NC(C)=O)OC(CO)[C@H](O)[C@@H]1O. The van der Waals surface area contributed by atoms with Crippen LogP contribution in [-0.4, -0.2) is 183 Å². The van der Waals surface area contributed by atoms with Gasteiger partial charge in [0.25, 0.3) is 0 Å². The van der Waals surface area contributed by atoms with Crippen molar-refractivity contribution in [2.24, 2.45) is 5.92 Å².